The smallest absolute Gasteiger partial charge is 0.220 e. The Bertz CT molecular complexity index is 1190. The summed E-state index contributed by atoms with van der Waals surface area (Å²) in [7, 11) is 0. The minimum Gasteiger partial charge on any atom is -0.394 e. The molecule has 0 aliphatic carbocycles. The zero-order chi connectivity index (χ0) is 59.8. The van der Waals surface area contributed by atoms with Crippen molar-refractivity contribution < 1.29 is 15.0 Å². The highest BCUT2D eigenvalue weighted by Crippen LogP contribution is 2.21. The maximum atomic E-state index is 12.6. The molecule has 496 valence electrons. The number of amides is 1. The standard InChI is InChI=1S/C79H157NO3/c1-3-5-7-9-11-13-15-17-19-21-23-25-27-29-31-33-35-37-38-39-40-41-42-43-45-47-49-51-53-55-57-59-61-63-65-67-69-71-73-75-79(83)80-77(76-81)78(82)74-72-70-68-66-64-62-60-58-56-54-52-50-48-46-44-36-34-32-30-28-26-24-22-20-18-16-14-12-10-8-6-4-2/h21,23,77-78,81-82H,3-20,22,24-76H2,1-2H3,(H,80,83)/b23-21-. The van der Waals surface area contributed by atoms with Crippen LogP contribution in [0.3, 0.4) is 0 Å². The van der Waals surface area contributed by atoms with E-state index in [2.05, 4.69) is 31.3 Å². The first-order chi connectivity index (χ1) is 41.2. The zero-order valence-electron chi connectivity index (χ0n) is 57.5. The molecule has 0 fully saturated rings. The molecule has 1 amide bonds. The molecule has 0 rings (SSSR count). The van der Waals surface area contributed by atoms with Crippen molar-refractivity contribution in [3.05, 3.63) is 12.2 Å². The summed E-state index contributed by atoms with van der Waals surface area (Å²) >= 11 is 0. The van der Waals surface area contributed by atoms with Crippen LogP contribution in [0, 0.1) is 0 Å². The van der Waals surface area contributed by atoms with Crippen LogP contribution < -0.4 is 5.32 Å². The second-order valence-electron chi connectivity index (χ2n) is 27.5. The van der Waals surface area contributed by atoms with E-state index in [1.54, 1.807) is 0 Å². The summed E-state index contributed by atoms with van der Waals surface area (Å²) in [6.07, 6.45) is 102. The van der Waals surface area contributed by atoms with E-state index in [1.807, 2.05) is 0 Å². The number of nitrogens with one attached hydrogen (secondary N) is 1. The van der Waals surface area contributed by atoms with Crippen molar-refractivity contribution in [2.24, 2.45) is 0 Å². The van der Waals surface area contributed by atoms with Gasteiger partial charge < -0.3 is 15.5 Å². The molecule has 2 unspecified atom stereocenters. The summed E-state index contributed by atoms with van der Waals surface area (Å²) in [5.74, 6) is -0.0189. The SMILES string of the molecule is CCCCCCCCCC/C=C\CCCCCCCCCCCCCCCCCCCCCCCCCCCCCC(=O)NC(CO)C(O)CCCCCCCCCCCCCCCCCCCCCCCCCCCCCCCCCC. The second-order valence-corrected chi connectivity index (χ2v) is 27.5. The summed E-state index contributed by atoms with van der Waals surface area (Å²) in [5, 5.41) is 23.5. The number of hydrogen-bond donors (Lipinski definition) is 3. The fourth-order valence-electron chi connectivity index (χ4n) is 13.1. The van der Waals surface area contributed by atoms with Crippen LogP contribution in [-0.2, 0) is 4.79 Å². The third kappa shape index (κ3) is 71.8. The topological polar surface area (TPSA) is 69.6 Å². The molecule has 0 saturated heterocycles. The van der Waals surface area contributed by atoms with E-state index in [1.165, 1.54) is 417 Å². The largest absolute Gasteiger partial charge is 0.394 e. The Balaban J connectivity index is 3.34. The lowest BCUT2D eigenvalue weighted by Crippen LogP contribution is -2.45. The molecule has 0 heterocycles. The molecule has 0 aromatic rings. The van der Waals surface area contributed by atoms with E-state index in [9.17, 15) is 15.0 Å². The van der Waals surface area contributed by atoms with E-state index >= 15 is 0 Å². The van der Waals surface area contributed by atoms with Gasteiger partial charge in [-0.1, -0.05) is 437 Å². The van der Waals surface area contributed by atoms with E-state index in [4.69, 9.17) is 0 Å². The van der Waals surface area contributed by atoms with E-state index in [0.29, 0.717) is 12.8 Å². The monoisotopic (exact) mass is 1170 g/mol. The van der Waals surface area contributed by atoms with Crippen LogP contribution in [0.4, 0.5) is 0 Å². The molecule has 0 aromatic heterocycles. The van der Waals surface area contributed by atoms with Gasteiger partial charge in [-0.15, -0.1) is 0 Å². The van der Waals surface area contributed by atoms with Crippen LogP contribution >= 0.6 is 0 Å². The first-order valence-corrected chi connectivity index (χ1v) is 39.4. The third-order valence-electron chi connectivity index (χ3n) is 19.0. The number of aliphatic hydroxyl groups excluding tert-OH is 2. The maximum Gasteiger partial charge on any atom is 0.220 e. The highest BCUT2D eigenvalue weighted by molar-refractivity contribution is 5.76. The Kier molecular flexibility index (Phi) is 74.6. The van der Waals surface area contributed by atoms with Crippen molar-refractivity contribution in [3.8, 4) is 0 Å². The van der Waals surface area contributed by atoms with Crippen molar-refractivity contribution in [1.29, 1.82) is 0 Å². The number of carbonyl (C=O) groups is 1. The molecule has 83 heavy (non-hydrogen) atoms. The maximum absolute atomic E-state index is 12.6. The summed E-state index contributed by atoms with van der Waals surface area (Å²) in [5.41, 5.74) is 0. The average molecular weight is 1170 g/mol. The molecule has 0 radical (unpaired) electrons. The fraction of sp³-hybridized carbons (Fsp3) is 0.962. The minimum absolute atomic E-state index is 0.0189. The Hall–Kier alpha value is -0.870. The van der Waals surface area contributed by atoms with Crippen LogP contribution in [0.25, 0.3) is 0 Å². The lowest BCUT2D eigenvalue weighted by Gasteiger charge is -2.22. The quantitative estimate of drug-likeness (QED) is 0.0420. The van der Waals surface area contributed by atoms with Crippen molar-refractivity contribution in [1.82, 2.24) is 5.32 Å². The number of hydrogen-bond acceptors (Lipinski definition) is 3. The second kappa shape index (κ2) is 75.4. The highest BCUT2D eigenvalue weighted by Gasteiger charge is 2.20. The first-order valence-electron chi connectivity index (χ1n) is 39.4. The molecule has 0 aliphatic rings. The molecule has 3 N–H and O–H groups in total. The van der Waals surface area contributed by atoms with E-state index < -0.39 is 12.1 Å². The number of aliphatic hydroxyl groups is 2. The van der Waals surface area contributed by atoms with Gasteiger partial charge in [0.2, 0.25) is 5.91 Å². The van der Waals surface area contributed by atoms with Crippen LogP contribution in [0.1, 0.15) is 470 Å². The van der Waals surface area contributed by atoms with Gasteiger partial charge in [0.25, 0.3) is 0 Å². The van der Waals surface area contributed by atoms with Crippen molar-refractivity contribution in [3.63, 3.8) is 0 Å². The molecule has 4 nitrogen and oxygen atoms in total. The summed E-state index contributed by atoms with van der Waals surface area (Å²) in [6.45, 7) is 4.42. The van der Waals surface area contributed by atoms with E-state index in [0.717, 1.165) is 25.7 Å². The van der Waals surface area contributed by atoms with Gasteiger partial charge in [0, 0.05) is 6.42 Å². The summed E-state index contributed by atoms with van der Waals surface area (Å²) in [4.78, 5) is 12.6. The number of carbonyl (C=O) groups excluding carboxylic acids is 1. The minimum atomic E-state index is -0.658. The van der Waals surface area contributed by atoms with Crippen LogP contribution in [0.5, 0.6) is 0 Å². The Morgan fingerprint density at radius 2 is 0.458 bits per heavy atom. The molecule has 0 spiro atoms. The van der Waals surface area contributed by atoms with Gasteiger partial charge in [-0.25, -0.2) is 0 Å². The van der Waals surface area contributed by atoms with Gasteiger partial charge in [0.15, 0.2) is 0 Å². The Labute approximate surface area is 524 Å². The van der Waals surface area contributed by atoms with Gasteiger partial charge in [0.05, 0.1) is 18.8 Å². The third-order valence-corrected chi connectivity index (χ3v) is 19.0. The summed E-state index contributed by atoms with van der Waals surface area (Å²) < 4.78 is 0. The lowest BCUT2D eigenvalue weighted by molar-refractivity contribution is -0.123. The Morgan fingerprint density at radius 3 is 0.663 bits per heavy atom. The molecule has 0 bridgehead atoms. The number of rotatable bonds is 75. The molecule has 4 heteroatoms. The molecule has 2 atom stereocenters. The Morgan fingerprint density at radius 1 is 0.277 bits per heavy atom. The van der Waals surface area contributed by atoms with Crippen molar-refractivity contribution in [2.45, 2.75) is 482 Å². The molecular weight excluding hydrogens is 1010 g/mol. The van der Waals surface area contributed by atoms with Gasteiger partial charge in [-0.2, -0.15) is 0 Å². The van der Waals surface area contributed by atoms with E-state index in [-0.39, 0.29) is 12.5 Å². The lowest BCUT2D eigenvalue weighted by atomic mass is 10.0. The molecule has 0 aromatic carbocycles. The molecule has 0 saturated carbocycles. The van der Waals surface area contributed by atoms with Gasteiger partial charge in [0.1, 0.15) is 0 Å². The zero-order valence-corrected chi connectivity index (χ0v) is 57.5. The van der Waals surface area contributed by atoms with Gasteiger partial charge >= 0.3 is 0 Å². The normalized spacial score (nSPS) is 12.6. The number of allylic oxidation sites excluding steroid dienone is 2. The van der Waals surface area contributed by atoms with Crippen molar-refractivity contribution >= 4 is 5.91 Å². The molecular formula is C79H157NO3. The molecule has 0 aliphatic heterocycles. The van der Waals surface area contributed by atoms with Gasteiger partial charge in [-0.05, 0) is 38.5 Å². The van der Waals surface area contributed by atoms with Gasteiger partial charge in [-0.3, -0.25) is 4.79 Å². The predicted octanol–water partition coefficient (Wildman–Crippen LogP) is 27.1. The fourth-order valence-corrected chi connectivity index (χ4v) is 13.1. The first kappa shape index (κ1) is 82.1. The van der Waals surface area contributed by atoms with Crippen LogP contribution in [0.15, 0.2) is 12.2 Å². The average Bonchev–Trinajstić information content (AvgIpc) is 3.51. The highest BCUT2D eigenvalue weighted by atomic mass is 16.3. The van der Waals surface area contributed by atoms with Crippen LogP contribution in [-0.4, -0.2) is 34.9 Å². The van der Waals surface area contributed by atoms with Crippen molar-refractivity contribution in [2.75, 3.05) is 6.61 Å². The van der Waals surface area contributed by atoms with Crippen LogP contribution in [0.2, 0.25) is 0 Å². The predicted molar refractivity (Wildman–Crippen MR) is 373 cm³/mol. The summed E-state index contributed by atoms with van der Waals surface area (Å²) in [6, 6.07) is -0.535. The number of unbranched alkanes of at least 4 members (excludes halogenated alkanes) is 66.